The minimum absolute atomic E-state index is 0.987. The van der Waals surface area contributed by atoms with Gasteiger partial charge in [0.1, 0.15) is 0 Å². The Bertz CT molecular complexity index is 467. The van der Waals surface area contributed by atoms with Crippen LogP contribution in [0.3, 0.4) is 0 Å². The Hall–Kier alpha value is -1.28. The van der Waals surface area contributed by atoms with Crippen LogP contribution in [0.4, 0.5) is 0 Å². The fourth-order valence-electron chi connectivity index (χ4n) is 2.19. The highest BCUT2D eigenvalue weighted by atomic mass is 15.2. The summed E-state index contributed by atoms with van der Waals surface area (Å²) in [7, 11) is 0. The molecule has 1 aromatic carbocycles. The van der Waals surface area contributed by atoms with Crippen molar-refractivity contribution < 1.29 is 0 Å². The minimum atomic E-state index is 0.987. The Balaban J connectivity index is 2.37. The number of fused-ring (bicyclic) bond motifs is 1. The molecule has 2 heteroatoms. The first-order valence-electron chi connectivity index (χ1n) is 6.03. The molecule has 86 valence electrons. The molecule has 2 rings (SSSR count). The fraction of sp³-hybridized carbons (Fsp3) is 0.429. The molecule has 0 atom stereocenters. The maximum absolute atomic E-state index is 2.42. The first-order chi connectivity index (χ1) is 7.76. The third kappa shape index (κ3) is 1.98. The van der Waals surface area contributed by atoms with Gasteiger partial charge in [0, 0.05) is 17.1 Å². The zero-order chi connectivity index (χ0) is 11.5. The summed E-state index contributed by atoms with van der Waals surface area (Å²) in [6.45, 7) is 9.79. The maximum atomic E-state index is 2.42. The van der Waals surface area contributed by atoms with Gasteiger partial charge in [-0.25, -0.2) is 0 Å². The molecule has 0 saturated carbocycles. The number of aromatic nitrogens is 1. The van der Waals surface area contributed by atoms with E-state index in [2.05, 4.69) is 60.7 Å². The molecular weight excluding hydrogens is 196 g/mol. The normalized spacial score (nSPS) is 11.5. The van der Waals surface area contributed by atoms with Gasteiger partial charge in [-0.2, -0.15) is 0 Å². The van der Waals surface area contributed by atoms with Crippen molar-refractivity contribution in [2.45, 2.75) is 27.4 Å². The van der Waals surface area contributed by atoms with Gasteiger partial charge in [-0.05, 0) is 31.6 Å². The summed E-state index contributed by atoms with van der Waals surface area (Å²) in [4.78, 5) is 2.42. The monoisotopic (exact) mass is 216 g/mol. The van der Waals surface area contributed by atoms with Gasteiger partial charge in [-0.15, -0.1) is 0 Å². The summed E-state index contributed by atoms with van der Waals surface area (Å²) < 4.78 is 2.34. The van der Waals surface area contributed by atoms with Gasteiger partial charge in [0.15, 0.2) is 0 Å². The number of hydrogen-bond acceptors (Lipinski definition) is 1. The zero-order valence-corrected chi connectivity index (χ0v) is 10.4. The number of benzene rings is 1. The molecule has 1 aromatic heterocycles. The highest BCUT2D eigenvalue weighted by molar-refractivity contribution is 5.83. The van der Waals surface area contributed by atoms with E-state index in [1.807, 2.05) is 0 Å². The Morgan fingerprint density at radius 1 is 1.12 bits per heavy atom. The maximum Gasteiger partial charge on any atom is 0.0750 e. The second-order valence-electron chi connectivity index (χ2n) is 4.24. The van der Waals surface area contributed by atoms with Crippen LogP contribution in [0.2, 0.25) is 0 Å². The second kappa shape index (κ2) is 4.71. The fourth-order valence-corrected chi connectivity index (χ4v) is 2.19. The summed E-state index contributed by atoms with van der Waals surface area (Å²) in [6, 6.07) is 8.62. The highest BCUT2D eigenvalue weighted by Crippen LogP contribution is 2.20. The molecule has 0 aliphatic carbocycles. The van der Waals surface area contributed by atoms with Gasteiger partial charge in [0.2, 0.25) is 0 Å². The lowest BCUT2D eigenvalue weighted by Crippen LogP contribution is -2.25. The van der Waals surface area contributed by atoms with E-state index in [9.17, 15) is 0 Å². The molecule has 0 amide bonds. The third-order valence-corrected chi connectivity index (χ3v) is 3.23. The first kappa shape index (κ1) is 11.2. The van der Waals surface area contributed by atoms with Gasteiger partial charge < -0.3 is 4.57 Å². The number of para-hydroxylation sites is 1. The summed E-state index contributed by atoms with van der Waals surface area (Å²) in [5, 5.41) is 1.37. The van der Waals surface area contributed by atoms with E-state index in [0.717, 1.165) is 19.8 Å². The lowest BCUT2D eigenvalue weighted by molar-refractivity contribution is 0.246. The molecule has 2 aromatic rings. The van der Waals surface area contributed by atoms with Gasteiger partial charge >= 0.3 is 0 Å². The smallest absolute Gasteiger partial charge is 0.0750 e. The number of aryl methyl sites for hydroxylation is 1. The Morgan fingerprint density at radius 2 is 1.81 bits per heavy atom. The van der Waals surface area contributed by atoms with E-state index >= 15 is 0 Å². The van der Waals surface area contributed by atoms with Crippen LogP contribution >= 0.6 is 0 Å². The van der Waals surface area contributed by atoms with Crippen molar-refractivity contribution >= 4 is 10.9 Å². The molecular formula is C14H20N2. The standard InChI is InChI=1S/C14H20N2/c1-4-15(5-2)11-16-10-12(3)13-8-6-7-9-14(13)16/h6-10H,4-5,11H2,1-3H3. The topological polar surface area (TPSA) is 8.17 Å². The summed E-state index contributed by atoms with van der Waals surface area (Å²) in [6.07, 6.45) is 2.25. The van der Waals surface area contributed by atoms with Crippen molar-refractivity contribution in [2.75, 3.05) is 13.1 Å². The van der Waals surface area contributed by atoms with E-state index in [1.165, 1.54) is 16.5 Å². The van der Waals surface area contributed by atoms with Crippen molar-refractivity contribution in [3.8, 4) is 0 Å². The van der Waals surface area contributed by atoms with Crippen LogP contribution in [0, 0.1) is 6.92 Å². The van der Waals surface area contributed by atoms with E-state index < -0.39 is 0 Å². The highest BCUT2D eigenvalue weighted by Gasteiger charge is 2.06. The summed E-state index contributed by atoms with van der Waals surface area (Å²) in [5.74, 6) is 0. The lowest BCUT2D eigenvalue weighted by atomic mass is 10.2. The molecule has 0 aliphatic heterocycles. The van der Waals surface area contributed by atoms with Crippen LogP contribution in [-0.2, 0) is 6.67 Å². The number of rotatable bonds is 4. The van der Waals surface area contributed by atoms with E-state index in [-0.39, 0.29) is 0 Å². The predicted molar refractivity (Wildman–Crippen MR) is 69.6 cm³/mol. The van der Waals surface area contributed by atoms with Crippen LogP contribution in [0.25, 0.3) is 10.9 Å². The molecule has 0 aliphatic rings. The molecule has 0 radical (unpaired) electrons. The molecule has 0 N–H and O–H groups in total. The molecule has 0 bridgehead atoms. The molecule has 16 heavy (non-hydrogen) atoms. The van der Waals surface area contributed by atoms with Gasteiger partial charge in [-0.1, -0.05) is 32.0 Å². The first-order valence-corrected chi connectivity index (χ1v) is 6.03. The van der Waals surface area contributed by atoms with Crippen LogP contribution in [0.1, 0.15) is 19.4 Å². The Morgan fingerprint density at radius 3 is 2.50 bits per heavy atom. The van der Waals surface area contributed by atoms with Crippen molar-refractivity contribution in [1.29, 1.82) is 0 Å². The Labute approximate surface area is 97.5 Å². The molecule has 0 saturated heterocycles. The van der Waals surface area contributed by atoms with Crippen LogP contribution in [0.5, 0.6) is 0 Å². The van der Waals surface area contributed by atoms with Crippen LogP contribution < -0.4 is 0 Å². The van der Waals surface area contributed by atoms with E-state index in [1.54, 1.807) is 0 Å². The second-order valence-corrected chi connectivity index (χ2v) is 4.24. The lowest BCUT2D eigenvalue weighted by Gasteiger charge is -2.19. The SMILES string of the molecule is CCN(CC)Cn1cc(C)c2ccccc21. The summed E-state index contributed by atoms with van der Waals surface area (Å²) >= 11 is 0. The molecule has 0 unspecified atom stereocenters. The van der Waals surface area contributed by atoms with Crippen molar-refractivity contribution in [3.05, 3.63) is 36.0 Å². The predicted octanol–water partition coefficient (Wildman–Crippen LogP) is 3.25. The van der Waals surface area contributed by atoms with E-state index in [4.69, 9.17) is 0 Å². The molecule has 0 fully saturated rings. The van der Waals surface area contributed by atoms with E-state index in [0.29, 0.717) is 0 Å². The molecule has 1 heterocycles. The van der Waals surface area contributed by atoms with Gasteiger partial charge in [0.05, 0.1) is 6.67 Å². The van der Waals surface area contributed by atoms with Gasteiger partial charge in [-0.3, -0.25) is 4.90 Å². The van der Waals surface area contributed by atoms with Gasteiger partial charge in [0.25, 0.3) is 0 Å². The van der Waals surface area contributed by atoms with Crippen LogP contribution in [-0.4, -0.2) is 22.6 Å². The zero-order valence-electron chi connectivity index (χ0n) is 10.4. The third-order valence-electron chi connectivity index (χ3n) is 3.23. The van der Waals surface area contributed by atoms with Crippen molar-refractivity contribution in [1.82, 2.24) is 9.47 Å². The largest absolute Gasteiger partial charge is 0.334 e. The quantitative estimate of drug-likeness (QED) is 0.761. The number of hydrogen-bond donors (Lipinski definition) is 0. The average Bonchev–Trinajstić information content (AvgIpc) is 2.64. The number of nitrogens with zero attached hydrogens (tertiary/aromatic N) is 2. The van der Waals surface area contributed by atoms with Crippen molar-refractivity contribution in [2.24, 2.45) is 0 Å². The van der Waals surface area contributed by atoms with Crippen molar-refractivity contribution in [3.63, 3.8) is 0 Å². The molecule has 2 nitrogen and oxygen atoms in total. The summed E-state index contributed by atoms with van der Waals surface area (Å²) in [5.41, 5.74) is 2.70. The molecule has 0 spiro atoms. The minimum Gasteiger partial charge on any atom is -0.334 e. The Kier molecular flexibility index (Phi) is 3.30. The van der Waals surface area contributed by atoms with Crippen LogP contribution in [0.15, 0.2) is 30.5 Å². The average molecular weight is 216 g/mol.